The third-order valence-electron chi connectivity index (χ3n) is 4.91. The summed E-state index contributed by atoms with van der Waals surface area (Å²) in [6.07, 6.45) is 0.580. The quantitative estimate of drug-likeness (QED) is 0.697. The van der Waals surface area contributed by atoms with Crippen LogP contribution in [0.15, 0.2) is 71.7 Å². The van der Waals surface area contributed by atoms with Crippen LogP contribution in [0.4, 0.5) is 10.5 Å². The molecule has 2 aromatic carbocycles. The first kappa shape index (κ1) is 18.5. The number of fused-ring (bicyclic) bond motifs is 3. The van der Waals surface area contributed by atoms with Crippen LogP contribution in [0.5, 0.6) is 0 Å². The summed E-state index contributed by atoms with van der Waals surface area (Å²) in [7, 11) is 0. The van der Waals surface area contributed by atoms with Gasteiger partial charge in [-0.2, -0.15) is 0 Å². The van der Waals surface area contributed by atoms with Crippen molar-refractivity contribution in [1.82, 2.24) is 4.57 Å². The zero-order valence-corrected chi connectivity index (χ0v) is 15.4. The van der Waals surface area contributed by atoms with Crippen molar-refractivity contribution in [2.24, 2.45) is 0 Å². The van der Waals surface area contributed by atoms with E-state index in [0.717, 1.165) is 26.8 Å². The van der Waals surface area contributed by atoms with Crippen molar-refractivity contribution in [3.05, 3.63) is 88.3 Å². The van der Waals surface area contributed by atoms with Crippen LogP contribution in [0.3, 0.4) is 0 Å². The zero-order valence-electron chi connectivity index (χ0n) is 15.4. The summed E-state index contributed by atoms with van der Waals surface area (Å²) in [6.45, 7) is -0.366. The molecule has 0 fully saturated rings. The van der Waals surface area contributed by atoms with Gasteiger partial charge in [0.1, 0.15) is 18.8 Å². The number of pyridine rings is 1. The van der Waals surface area contributed by atoms with Crippen molar-refractivity contribution >= 4 is 17.7 Å². The number of hydrogen-bond acceptors (Lipinski definition) is 4. The Kier molecular flexibility index (Phi) is 4.87. The topological polar surface area (TPSA) is 97.6 Å². The Balaban J connectivity index is 1.49. The standard InChI is InChI=1S/C22H18N2O5/c25-20(26)12-24-11-5-10-19(21(24)27)23-22(28)29-13-18-16-8-3-1-6-14(16)15-7-2-4-9-17(15)18/h1-11,18H,12-13H2,(H,23,28)(H,25,26). The monoisotopic (exact) mass is 390 g/mol. The van der Waals surface area contributed by atoms with Crippen LogP contribution in [0.1, 0.15) is 17.0 Å². The largest absolute Gasteiger partial charge is 0.480 e. The normalized spacial score (nSPS) is 12.1. The average Bonchev–Trinajstić information content (AvgIpc) is 3.03. The molecular formula is C22H18N2O5. The molecular weight excluding hydrogens is 372 g/mol. The number of ether oxygens (including phenoxy) is 1. The molecule has 0 unspecified atom stereocenters. The Morgan fingerprint density at radius 3 is 2.21 bits per heavy atom. The molecule has 0 bridgehead atoms. The van der Waals surface area contributed by atoms with E-state index in [1.165, 1.54) is 18.3 Å². The fourth-order valence-corrected chi connectivity index (χ4v) is 3.65. The average molecular weight is 390 g/mol. The zero-order chi connectivity index (χ0) is 20.4. The van der Waals surface area contributed by atoms with Crippen LogP contribution >= 0.6 is 0 Å². The number of amides is 1. The van der Waals surface area contributed by atoms with Crippen molar-refractivity contribution in [3.8, 4) is 11.1 Å². The second-order valence-corrected chi connectivity index (χ2v) is 6.70. The number of rotatable bonds is 5. The van der Waals surface area contributed by atoms with Gasteiger partial charge < -0.3 is 14.4 Å². The van der Waals surface area contributed by atoms with E-state index in [1.807, 2.05) is 48.5 Å². The number of nitrogens with one attached hydrogen (secondary N) is 1. The second-order valence-electron chi connectivity index (χ2n) is 6.70. The van der Waals surface area contributed by atoms with Gasteiger partial charge in [0.05, 0.1) is 0 Å². The molecule has 146 valence electrons. The number of nitrogens with zero attached hydrogens (tertiary/aromatic N) is 1. The smallest absolute Gasteiger partial charge is 0.411 e. The van der Waals surface area contributed by atoms with Crippen molar-refractivity contribution in [2.75, 3.05) is 11.9 Å². The number of carboxylic acid groups (broad SMARTS) is 1. The van der Waals surface area contributed by atoms with Gasteiger partial charge in [0, 0.05) is 12.1 Å². The van der Waals surface area contributed by atoms with Gasteiger partial charge in [-0.3, -0.25) is 14.9 Å². The summed E-state index contributed by atoms with van der Waals surface area (Å²) in [4.78, 5) is 35.4. The lowest BCUT2D eigenvalue weighted by Crippen LogP contribution is -2.28. The lowest BCUT2D eigenvalue weighted by Gasteiger charge is -2.14. The molecule has 7 nitrogen and oxygen atoms in total. The van der Waals surface area contributed by atoms with Crippen LogP contribution in [0.25, 0.3) is 11.1 Å². The van der Waals surface area contributed by atoms with E-state index in [-0.39, 0.29) is 18.2 Å². The Morgan fingerprint density at radius 1 is 0.966 bits per heavy atom. The Hall–Kier alpha value is -3.87. The molecule has 0 radical (unpaired) electrons. The summed E-state index contributed by atoms with van der Waals surface area (Å²) in [5.41, 5.74) is 3.78. The molecule has 7 heteroatoms. The predicted octanol–water partition coefficient (Wildman–Crippen LogP) is 3.29. The highest BCUT2D eigenvalue weighted by Gasteiger charge is 2.29. The minimum atomic E-state index is -1.15. The molecule has 0 spiro atoms. The fourth-order valence-electron chi connectivity index (χ4n) is 3.65. The molecule has 2 N–H and O–H groups in total. The summed E-state index contributed by atoms with van der Waals surface area (Å²) in [5, 5.41) is 11.3. The summed E-state index contributed by atoms with van der Waals surface area (Å²) >= 11 is 0. The first-order valence-electron chi connectivity index (χ1n) is 9.08. The molecule has 1 aliphatic carbocycles. The second kappa shape index (κ2) is 7.63. The van der Waals surface area contributed by atoms with Gasteiger partial charge in [0.15, 0.2) is 0 Å². The molecule has 1 aromatic heterocycles. The SMILES string of the molecule is O=C(O)Cn1cccc(NC(=O)OCC2c3ccccc3-c3ccccc32)c1=O. The van der Waals surface area contributed by atoms with E-state index < -0.39 is 24.2 Å². The highest BCUT2D eigenvalue weighted by molar-refractivity contribution is 5.85. The highest BCUT2D eigenvalue weighted by Crippen LogP contribution is 2.44. The maximum absolute atomic E-state index is 12.3. The van der Waals surface area contributed by atoms with E-state index in [2.05, 4.69) is 5.32 Å². The van der Waals surface area contributed by atoms with Gasteiger partial charge in [0.25, 0.3) is 5.56 Å². The number of carboxylic acids is 1. The third-order valence-corrected chi connectivity index (χ3v) is 4.91. The summed E-state index contributed by atoms with van der Waals surface area (Å²) in [5.74, 6) is -1.24. The molecule has 0 aliphatic heterocycles. The molecule has 1 aliphatic rings. The lowest BCUT2D eigenvalue weighted by molar-refractivity contribution is -0.137. The van der Waals surface area contributed by atoms with Gasteiger partial charge in [-0.05, 0) is 34.4 Å². The number of carbonyl (C=O) groups is 2. The molecule has 1 heterocycles. The van der Waals surface area contributed by atoms with Crippen molar-refractivity contribution in [1.29, 1.82) is 0 Å². The van der Waals surface area contributed by atoms with Gasteiger partial charge in [-0.15, -0.1) is 0 Å². The first-order chi connectivity index (χ1) is 14.0. The van der Waals surface area contributed by atoms with Gasteiger partial charge in [-0.25, -0.2) is 4.79 Å². The molecule has 1 amide bonds. The van der Waals surface area contributed by atoms with Crippen LogP contribution in [-0.4, -0.2) is 28.3 Å². The minimum absolute atomic E-state index is 0.0361. The van der Waals surface area contributed by atoms with Crippen molar-refractivity contribution < 1.29 is 19.4 Å². The van der Waals surface area contributed by atoms with Crippen LogP contribution in [0.2, 0.25) is 0 Å². The summed E-state index contributed by atoms with van der Waals surface area (Å²) in [6, 6.07) is 18.9. The van der Waals surface area contributed by atoms with Crippen molar-refractivity contribution in [2.45, 2.75) is 12.5 Å². The third kappa shape index (κ3) is 3.62. The molecule has 0 atom stereocenters. The number of benzene rings is 2. The van der Waals surface area contributed by atoms with E-state index in [0.29, 0.717) is 0 Å². The molecule has 0 saturated carbocycles. The first-order valence-corrected chi connectivity index (χ1v) is 9.08. The van der Waals surface area contributed by atoms with Gasteiger partial charge >= 0.3 is 12.1 Å². The maximum atomic E-state index is 12.3. The number of aromatic nitrogens is 1. The van der Waals surface area contributed by atoms with E-state index in [1.54, 1.807) is 0 Å². The molecule has 0 saturated heterocycles. The number of anilines is 1. The van der Waals surface area contributed by atoms with Crippen LogP contribution in [-0.2, 0) is 16.1 Å². The van der Waals surface area contributed by atoms with Gasteiger partial charge in [-0.1, -0.05) is 48.5 Å². The maximum Gasteiger partial charge on any atom is 0.411 e. The number of aliphatic carboxylic acids is 1. The van der Waals surface area contributed by atoms with Gasteiger partial charge in [0.2, 0.25) is 0 Å². The number of hydrogen-bond donors (Lipinski definition) is 2. The van der Waals surface area contributed by atoms with E-state index in [9.17, 15) is 14.4 Å². The molecule has 29 heavy (non-hydrogen) atoms. The highest BCUT2D eigenvalue weighted by atomic mass is 16.5. The van der Waals surface area contributed by atoms with Crippen LogP contribution in [0, 0.1) is 0 Å². The van der Waals surface area contributed by atoms with E-state index in [4.69, 9.17) is 9.84 Å². The predicted molar refractivity (Wildman–Crippen MR) is 107 cm³/mol. The Labute approximate surface area is 166 Å². The Bertz CT molecular complexity index is 1110. The lowest BCUT2D eigenvalue weighted by atomic mass is 9.98. The fraction of sp³-hybridized carbons (Fsp3) is 0.136. The van der Waals surface area contributed by atoms with Crippen molar-refractivity contribution in [3.63, 3.8) is 0 Å². The molecule has 3 aromatic rings. The number of carbonyl (C=O) groups excluding carboxylic acids is 1. The minimum Gasteiger partial charge on any atom is -0.480 e. The van der Waals surface area contributed by atoms with E-state index >= 15 is 0 Å². The summed E-state index contributed by atoms with van der Waals surface area (Å²) < 4.78 is 6.41. The van der Waals surface area contributed by atoms with Crippen LogP contribution < -0.4 is 10.9 Å². The molecule has 4 rings (SSSR count). The Morgan fingerprint density at radius 2 is 1.59 bits per heavy atom.